The number of hydrogen-bond acceptors (Lipinski definition) is 5. The van der Waals surface area contributed by atoms with Crippen LogP contribution in [0.3, 0.4) is 0 Å². The van der Waals surface area contributed by atoms with Gasteiger partial charge in [0.05, 0.1) is 19.3 Å². The second-order valence-corrected chi connectivity index (χ2v) is 8.22. The zero-order valence-electron chi connectivity index (χ0n) is 15.6. The van der Waals surface area contributed by atoms with E-state index in [4.69, 9.17) is 9.47 Å². The predicted molar refractivity (Wildman–Crippen MR) is 97.7 cm³/mol. The number of nitrogens with zero attached hydrogens (tertiary/aromatic N) is 3. The topological polar surface area (TPSA) is 37.8 Å². The molecule has 0 unspecified atom stereocenters. The third-order valence-corrected chi connectivity index (χ3v) is 6.06. The molecule has 0 bridgehead atoms. The van der Waals surface area contributed by atoms with Crippen molar-refractivity contribution >= 4 is 0 Å². The average Bonchev–Trinajstić information content (AvgIpc) is 3.40. The van der Waals surface area contributed by atoms with Crippen LogP contribution in [0, 0.1) is 5.92 Å². The van der Waals surface area contributed by atoms with Crippen molar-refractivity contribution in [1.29, 1.82) is 0 Å². The lowest BCUT2D eigenvalue weighted by Crippen LogP contribution is -2.47. The monoisotopic (exact) mass is 345 g/mol. The SMILES string of the molecule is COc1ncccc1CN1CCC[C@@]2(C[C@@H](CN(C)C3CC3)CO2)C1. The molecule has 1 aromatic rings. The number of piperidine rings is 1. The Hall–Kier alpha value is -1.17. The van der Waals surface area contributed by atoms with Crippen LogP contribution < -0.4 is 4.74 Å². The van der Waals surface area contributed by atoms with Crippen LogP contribution in [0.25, 0.3) is 0 Å². The van der Waals surface area contributed by atoms with Gasteiger partial charge in [-0.3, -0.25) is 4.90 Å². The summed E-state index contributed by atoms with van der Waals surface area (Å²) in [5, 5.41) is 0. The maximum absolute atomic E-state index is 6.40. The van der Waals surface area contributed by atoms with Crippen LogP contribution in [0.2, 0.25) is 0 Å². The van der Waals surface area contributed by atoms with Crippen molar-refractivity contribution in [3.63, 3.8) is 0 Å². The van der Waals surface area contributed by atoms with Gasteiger partial charge in [0.1, 0.15) is 0 Å². The average molecular weight is 345 g/mol. The third kappa shape index (κ3) is 3.99. The first-order chi connectivity index (χ1) is 12.2. The highest BCUT2D eigenvalue weighted by molar-refractivity contribution is 5.25. The lowest BCUT2D eigenvalue weighted by molar-refractivity contribution is -0.0537. The summed E-state index contributed by atoms with van der Waals surface area (Å²) in [6, 6.07) is 4.96. The standard InChI is InChI=1S/C20H31N3O2/c1-22(18-6-7-18)12-16-11-20(25-14-16)8-4-10-23(15-20)13-17-5-3-9-21-19(17)24-2/h3,5,9,16,18H,4,6-8,10-15H2,1-2H3/t16-,20+/m0/s1. The van der Waals surface area contributed by atoms with Crippen LogP contribution in [-0.2, 0) is 11.3 Å². The highest BCUT2D eigenvalue weighted by atomic mass is 16.5. The van der Waals surface area contributed by atoms with Crippen LogP contribution in [-0.4, -0.2) is 66.8 Å². The molecule has 2 atom stereocenters. The molecule has 0 N–H and O–H groups in total. The minimum Gasteiger partial charge on any atom is -0.481 e. The van der Waals surface area contributed by atoms with Crippen LogP contribution in [0.15, 0.2) is 18.3 Å². The second kappa shape index (κ2) is 7.22. The maximum atomic E-state index is 6.40. The Balaban J connectivity index is 1.36. The Kier molecular flexibility index (Phi) is 4.98. The largest absolute Gasteiger partial charge is 0.481 e. The lowest BCUT2D eigenvalue weighted by atomic mass is 9.86. The first kappa shape index (κ1) is 17.3. The molecular formula is C20H31N3O2. The number of rotatable bonds is 6. The van der Waals surface area contributed by atoms with Gasteiger partial charge >= 0.3 is 0 Å². The number of aromatic nitrogens is 1. The number of likely N-dealkylation sites (tertiary alicyclic amines) is 1. The van der Waals surface area contributed by atoms with Gasteiger partial charge in [0.25, 0.3) is 0 Å². The lowest BCUT2D eigenvalue weighted by Gasteiger charge is -2.40. The van der Waals surface area contributed by atoms with E-state index in [1.54, 1.807) is 13.3 Å². The molecule has 4 rings (SSSR count). The summed E-state index contributed by atoms with van der Waals surface area (Å²) >= 11 is 0. The number of ether oxygens (including phenoxy) is 2. The molecule has 1 saturated carbocycles. The second-order valence-electron chi connectivity index (χ2n) is 8.22. The van der Waals surface area contributed by atoms with Crippen molar-refractivity contribution < 1.29 is 9.47 Å². The summed E-state index contributed by atoms with van der Waals surface area (Å²) < 4.78 is 11.8. The summed E-state index contributed by atoms with van der Waals surface area (Å²) in [7, 11) is 3.98. The summed E-state index contributed by atoms with van der Waals surface area (Å²) in [6.07, 6.45) is 8.20. The molecule has 0 radical (unpaired) electrons. The Morgan fingerprint density at radius 1 is 1.44 bits per heavy atom. The Bertz CT molecular complexity index is 592. The van der Waals surface area contributed by atoms with Crippen molar-refractivity contribution in [2.24, 2.45) is 5.92 Å². The first-order valence-electron chi connectivity index (χ1n) is 9.72. The Morgan fingerprint density at radius 2 is 2.32 bits per heavy atom. The van der Waals surface area contributed by atoms with E-state index in [2.05, 4.69) is 27.9 Å². The molecule has 0 amide bonds. The molecule has 25 heavy (non-hydrogen) atoms. The summed E-state index contributed by atoms with van der Waals surface area (Å²) in [5.74, 6) is 1.44. The van der Waals surface area contributed by atoms with Crippen LogP contribution in [0.1, 0.15) is 37.7 Å². The number of hydrogen-bond donors (Lipinski definition) is 0. The van der Waals surface area contributed by atoms with Crippen molar-refractivity contribution in [2.45, 2.75) is 50.3 Å². The molecule has 5 nitrogen and oxygen atoms in total. The predicted octanol–water partition coefficient (Wildman–Crippen LogP) is 2.56. The molecule has 1 spiro atoms. The summed E-state index contributed by atoms with van der Waals surface area (Å²) in [4.78, 5) is 9.41. The molecule has 0 aromatic carbocycles. The molecule has 2 aliphatic heterocycles. The van der Waals surface area contributed by atoms with Gasteiger partial charge in [0, 0.05) is 37.4 Å². The van der Waals surface area contributed by atoms with E-state index < -0.39 is 0 Å². The quantitative estimate of drug-likeness (QED) is 0.792. The fraction of sp³-hybridized carbons (Fsp3) is 0.750. The summed E-state index contributed by atoms with van der Waals surface area (Å²) in [6.45, 7) is 5.20. The number of methoxy groups -OCH3 is 1. The molecule has 3 aliphatic rings. The van der Waals surface area contributed by atoms with Crippen molar-refractivity contribution in [3.8, 4) is 5.88 Å². The zero-order chi connectivity index (χ0) is 17.3. The fourth-order valence-corrected chi connectivity index (χ4v) is 4.71. The van der Waals surface area contributed by atoms with Gasteiger partial charge in [-0.1, -0.05) is 6.07 Å². The molecule has 138 valence electrons. The van der Waals surface area contributed by atoms with Gasteiger partial charge in [0.2, 0.25) is 5.88 Å². The van der Waals surface area contributed by atoms with E-state index in [0.717, 1.165) is 38.2 Å². The molecule has 3 fully saturated rings. The van der Waals surface area contributed by atoms with Gasteiger partial charge in [-0.2, -0.15) is 0 Å². The Morgan fingerprint density at radius 3 is 3.12 bits per heavy atom. The van der Waals surface area contributed by atoms with E-state index in [9.17, 15) is 0 Å². The van der Waals surface area contributed by atoms with Gasteiger partial charge in [-0.15, -0.1) is 0 Å². The van der Waals surface area contributed by atoms with Crippen molar-refractivity contribution in [3.05, 3.63) is 23.9 Å². The first-order valence-corrected chi connectivity index (χ1v) is 9.72. The van der Waals surface area contributed by atoms with Crippen molar-refractivity contribution in [2.75, 3.05) is 40.4 Å². The normalized spacial score (nSPS) is 30.3. The van der Waals surface area contributed by atoms with Gasteiger partial charge in [-0.25, -0.2) is 4.98 Å². The molecule has 2 saturated heterocycles. The number of pyridine rings is 1. The van der Waals surface area contributed by atoms with Gasteiger partial charge in [0.15, 0.2) is 0 Å². The zero-order valence-corrected chi connectivity index (χ0v) is 15.6. The van der Waals surface area contributed by atoms with E-state index in [0.29, 0.717) is 5.92 Å². The fourth-order valence-electron chi connectivity index (χ4n) is 4.71. The maximum Gasteiger partial charge on any atom is 0.217 e. The Labute approximate surface area is 151 Å². The van der Waals surface area contributed by atoms with E-state index >= 15 is 0 Å². The van der Waals surface area contributed by atoms with Gasteiger partial charge in [-0.05, 0) is 57.7 Å². The molecular weight excluding hydrogens is 314 g/mol. The van der Waals surface area contributed by atoms with Crippen molar-refractivity contribution in [1.82, 2.24) is 14.8 Å². The molecule has 3 heterocycles. The molecule has 5 heteroatoms. The van der Waals surface area contributed by atoms with E-state index in [1.165, 1.54) is 44.2 Å². The van der Waals surface area contributed by atoms with Crippen LogP contribution in [0.5, 0.6) is 5.88 Å². The van der Waals surface area contributed by atoms with E-state index in [1.807, 2.05) is 6.07 Å². The van der Waals surface area contributed by atoms with Crippen LogP contribution >= 0.6 is 0 Å². The summed E-state index contributed by atoms with van der Waals surface area (Å²) in [5.41, 5.74) is 1.24. The van der Waals surface area contributed by atoms with Crippen LogP contribution in [0.4, 0.5) is 0 Å². The van der Waals surface area contributed by atoms with Gasteiger partial charge < -0.3 is 14.4 Å². The van der Waals surface area contributed by atoms with E-state index in [-0.39, 0.29) is 5.60 Å². The smallest absolute Gasteiger partial charge is 0.217 e. The molecule has 1 aromatic heterocycles. The minimum atomic E-state index is 0.0722. The highest BCUT2D eigenvalue weighted by Gasteiger charge is 2.44. The molecule has 1 aliphatic carbocycles. The third-order valence-electron chi connectivity index (χ3n) is 6.06. The minimum absolute atomic E-state index is 0.0722. The highest BCUT2D eigenvalue weighted by Crippen LogP contribution is 2.39.